The van der Waals surface area contributed by atoms with Gasteiger partial charge in [-0.25, -0.2) is 0 Å². The lowest BCUT2D eigenvalue weighted by atomic mass is 10.1. The van der Waals surface area contributed by atoms with Gasteiger partial charge in [0.1, 0.15) is 5.75 Å². The lowest BCUT2D eigenvalue weighted by Crippen LogP contribution is -2.38. The molecule has 2 rings (SSSR count). The molecule has 1 fully saturated rings. The first-order valence-electron chi connectivity index (χ1n) is 6.93. The number of alkyl halides is 3. The predicted octanol–water partition coefficient (Wildman–Crippen LogP) is 3.85. The highest BCUT2D eigenvalue weighted by Crippen LogP contribution is 2.31. The number of hydrogen-bond acceptors (Lipinski definition) is 2. The van der Waals surface area contributed by atoms with Gasteiger partial charge in [0, 0.05) is 18.2 Å². The molecule has 0 heterocycles. The summed E-state index contributed by atoms with van der Waals surface area (Å²) in [5.41, 5.74) is 0.374. The molecule has 0 unspecified atom stereocenters. The number of rotatable bonds is 5. The van der Waals surface area contributed by atoms with Crippen molar-refractivity contribution in [1.29, 1.82) is 0 Å². The van der Waals surface area contributed by atoms with E-state index in [1.54, 1.807) is 4.90 Å². The zero-order valence-electron chi connectivity index (χ0n) is 12.0. The Morgan fingerprint density at radius 2 is 1.86 bits per heavy atom. The molecule has 1 saturated carbocycles. The zero-order valence-corrected chi connectivity index (χ0v) is 12.0. The van der Waals surface area contributed by atoms with Gasteiger partial charge < -0.3 is 9.64 Å². The molecule has 0 spiro atoms. The number of carbonyl (C=O) groups excluding carboxylic acids is 1. The second kappa shape index (κ2) is 5.95. The fraction of sp³-hybridized carbons (Fsp3) is 0.533. The topological polar surface area (TPSA) is 29.5 Å². The van der Waals surface area contributed by atoms with E-state index in [1.165, 1.54) is 12.1 Å². The lowest BCUT2D eigenvalue weighted by Gasteiger charge is -2.27. The normalized spacial score (nSPS) is 15.1. The molecule has 0 aromatic heterocycles. The van der Waals surface area contributed by atoms with Gasteiger partial charge in [-0.3, -0.25) is 4.79 Å². The lowest BCUT2D eigenvalue weighted by molar-refractivity contribution is -0.274. The van der Waals surface area contributed by atoms with Gasteiger partial charge in [-0.1, -0.05) is 0 Å². The quantitative estimate of drug-likeness (QED) is 0.827. The number of halogens is 3. The van der Waals surface area contributed by atoms with Crippen molar-refractivity contribution in [2.45, 2.75) is 39.1 Å². The maximum atomic E-state index is 12.4. The number of hydrogen-bond donors (Lipinski definition) is 0. The zero-order chi connectivity index (χ0) is 15.6. The van der Waals surface area contributed by atoms with Crippen LogP contribution in [0.1, 0.15) is 37.0 Å². The van der Waals surface area contributed by atoms with Crippen LogP contribution in [0.5, 0.6) is 5.75 Å². The second-order valence-electron chi connectivity index (χ2n) is 5.57. The first-order chi connectivity index (χ1) is 9.76. The van der Waals surface area contributed by atoms with E-state index in [-0.39, 0.29) is 17.7 Å². The van der Waals surface area contributed by atoms with E-state index in [2.05, 4.69) is 4.74 Å². The molecule has 0 aliphatic heterocycles. The molecule has 3 nitrogen and oxygen atoms in total. The van der Waals surface area contributed by atoms with Crippen LogP contribution >= 0.6 is 0 Å². The fourth-order valence-corrected chi connectivity index (χ4v) is 2.07. The Balaban J connectivity index is 2.07. The summed E-state index contributed by atoms with van der Waals surface area (Å²) in [4.78, 5) is 14.2. The van der Waals surface area contributed by atoms with Gasteiger partial charge in [0.05, 0.1) is 0 Å². The predicted molar refractivity (Wildman–Crippen MR) is 72.0 cm³/mol. The Labute approximate surface area is 121 Å². The van der Waals surface area contributed by atoms with Crippen LogP contribution in [-0.4, -0.2) is 29.8 Å². The smallest absolute Gasteiger partial charge is 0.406 e. The van der Waals surface area contributed by atoms with E-state index in [0.717, 1.165) is 25.0 Å². The molecule has 6 heteroatoms. The second-order valence-corrected chi connectivity index (χ2v) is 5.57. The minimum absolute atomic E-state index is 0.0594. The molecule has 0 radical (unpaired) electrons. The van der Waals surface area contributed by atoms with Crippen molar-refractivity contribution < 1.29 is 22.7 Å². The summed E-state index contributed by atoms with van der Waals surface area (Å²) < 4.78 is 40.1. The van der Waals surface area contributed by atoms with Crippen molar-refractivity contribution in [2.24, 2.45) is 5.92 Å². The summed E-state index contributed by atoms with van der Waals surface area (Å²) in [6.45, 7) is 4.57. The molecular formula is C15H18F3NO2. The minimum Gasteiger partial charge on any atom is -0.406 e. The highest BCUT2D eigenvalue weighted by Gasteiger charge is 2.31. The van der Waals surface area contributed by atoms with Crippen molar-refractivity contribution >= 4 is 5.91 Å². The van der Waals surface area contributed by atoms with Gasteiger partial charge in [-0.2, -0.15) is 0 Å². The van der Waals surface area contributed by atoms with E-state index >= 15 is 0 Å². The number of ether oxygens (including phenoxy) is 1. The first kappa shape index (κ1) is 15.7. The molecule has 1 aromatic carbocycles. The maximum absolute atomic E-state index is 12.4. The summed E-state index contributed by atoms with van der Waals surface area (Å²) in [6, 6.07) is 5.12. The Hall–Kier alpha value is -1.72. The molecule has 116 valence electrons. The van der Waals surface area contributed by atoms with Crippen LogP contribution in [0.15, 0.2) is 24.3 Å². The Bertz CT molecular complexity index is 493. The van der Waals surface area contributed by atoms with Crippen LogP contribution in [-0.2, 0) is 0 Å². The van der Waals surface area contributed by atoms with Gasteiger partial charge >= 0.3 is 6.36 Å². The summed E-state index contributed by atoms with van der Waals surface area (Å²) in [5.74, 6) is 0.0805. The molecule has 21 heavy (non-hydrogen) atoms. The molecule has 1 aliphatic rings. The first-order valence-corrected chi connectivity index (χ1v) is 6.93. The van der Waals surface area contributed by atoms with Gasteiger partial charge in [0.25, 0.3) is 5.91 Å². The Morgan fingerprint density at radius 1 is 1.29 bits per heavy atom. The van der Waals surface area contributed by atoms with Gasteiger partial charge in [0.15, 0.2) is 0 Å². The molecule has 1 amide bonds. The van der Waals surface area contributed by atoms with Crippen LogP contribution in [0.2, 0.25) is 0 Å². The average molecular weight is 301 g/mol. The van der Waals surface area contributed by atoms with Crippen molar-refractivity contribution in [3.05, 3.63) is 29.8 Å². The van der Waals surface area contributed by atoms with E-state index < -0.39 is 6.36 Å². The molecule has 0 atom stereocenters. The highest BCUT2D eigenvalue weighted by atomic mass is 19.4. The third kappa shape index (κ3) is 4.65. The van der Waals surface area contributed by atoms with Crippen molar-refractivity contribution in [3.63, 3.8) is 0 Å². The van der Waals surface area contributed by atoms with Crippen LogP contribution in [0.3, 0.4) is 0 Å². The third-order valence-corrected chi connectivity index (χ3v) is 3.37. The van der Waals surface area contributed by atoms with Crippen molar-refractivity contribution in [3.8, 4) is 5.75 Å². The summed E-state index contributed by atoms with van der Waals surface area (Å²) in [5, 5.41) is 0. The van der Waals surface area contributed by atoms with Crippen molar-refractivity contribution in [1.82, 2.24) is 4.90 Å². The monoisotopic (exact) mass is 301 g/mol. The van der Waals surface area contributed by atoms with Crippen LogP contribution in [0.4, 0.5) is 13.2 Å². The number of benzene rings is 1. The van der Waals surface area contributed by atoms with Gasteiger partial charge in [0.2, 0.25) is 0 Å². The van der Waals surface area contributed by atoms with E-state index in [9.17, 15) is 18.0 Å². The molecule has 1 aliphatic carbocycles. The molecular weight excluding hydrogens is 283 g/mol. The SMILES string of the molecule is CC(C)N(CC1CC1)C(=O)c1ccc(OC(F)(F)F)cc1. The number of carbonyl (C=O) groups is 1. The summed E-state index contributed by atoms with van der Waals surface area (Å²) >= 11 is 0. The summed E-state index contributed by atoms with van der Waals surface area (Å²) in [6.07, 6.45) is -2.45. The largest absolute Gasteiger partial charge is 0.573 e. The maximum Gasteiger partial charge on any atom is 0.573 e. The fourth-order valence-electron chi connectivity index (χ4n) is 2.07. The minimum atomic E-state index is -4.72. The van der Waals surface area contributed by atoms with E-state index in [4.69, 9.17) is 0 Å². The van der Waals surface area contributed by atoms with Crippen LogP contribution in [0.25, 0.3) is 0 Å². The summed E-state index contributed by atoms with van der Waals surface area (Å²) in [7, 11) is 0. The molecule has 0 saturated heterocycles. The van der Waals surface area contributed by atoms with Gasteiger partial charge in [-0.15, -0.1) is 13.2 Å². The standard InChI is InChI=1S/C15H18F3NO2/c1-10(2)19(9-11-3-4-11)14(20)12-5-7-13(8-6-12)21-15(16,17)18/h5-8,10-11H,3-4,9H2,1-2H3. The van der Waals surface area contributed by atoms with E-state index in [0.29, 0.717) is 18.0 Å². The highest BCUT2D eigenvalue weighted by molar-refractivity contribution is 5.94. The Kier molecular flexibility index (Phi) is 4.44. The van der Waals surface area contributed by atoms with Crippen LogP contribution < -0.4 is 4.74 Å². The molecule has 0 N–H and O–H groups in total. The van der Waals surface area contributed by atoms with Gasteiger partial charge in [-0.05, 0) is 56.9 Å². The molecule has 1 aromatic rings. The number of nitrogens with zero attached hydrogens (tertiary/aromatic N) is 1. The third-order valence-electron chi connectivity index (χ3n) is 3.37. The number of amides is 1. The van der Waals surface area contributed by atoms with Crippen LogP contribution in [0, 0.1) is 5.92 Å². The Morgan fingerprint density at radius 3 is 2.29 bits per heavy atom. The molecule has 0 bridgehead atoms. The average Bonchev–Trinajstić information content (AvgIpc) is 3.17. The van der Waals surface area contributed by atoms with E-state index in [1.807, 2.05) is 13.8 Å². The van der Waals surface area contributed by atoms with Crippen molar-refractivity contribution in [2.75, 3.05) is 6.54 Å².